The minimum Gasteiger partial charge on any atom is -0.357 e. The average molecular weight is 200 g/mol. The zero-order valence-electron chi connectivity index (χ0n) is 9.22. The number of aromatic nitrogens is 1. The highest BCUT2D eigenvalue weighted by Gasteiger charge is 2.21. The van der Waals surface area contributed by atoms with Crippen molar-refractivity contribution in [2.45, 2.75) is 26.3 Å². The quantitative estimate of drug-likeness (QED) is 0.672. The van der Waals surface area contributed by atoms with E-state index in [4.69, 9.17) is 0 Å². The summed E-state index contributed by atoms with van der Waals surface area (Å²) in [5.74, 6) is 0.615. The van der Waals surface area contributed by atoms with Crippen molar-refractivity contribution in [3.05, 3.63) is 35.0 Å². The Balaban J connectivity index is 2.36. The smallest absolute Gasteiger partial charge is 0.0489 e. The number of nitrogens with one attached hydrogen (secondary N) is 2. The molecule has 0 fully saturated rings. The molecule has 3 rings (SSSR count). The van der Waals surface area contributed by atoms with E-state index in [2.05, 4.69) is 42.3 Å². The van der Waals surface area contributed by atoms with Gasteiger partial charge in [0.2, 0.25) is 0 Å². The monoisotopic (exact) mass is 200 g/mol. The van der Waals surface area contributed by atoms with Crippen molar-refractivity contribution in [2.24, 2.45) is 0 Å². The van der Waals surface area contributed by atoms with Gasteiger partial charge in [0, 0.05) is 29.7 Å². The standard InChI is InChI=1S/C13H16N2/c1-8-4-3-5-10-12-9(2)6-14-7-11(12)15-13(8)10/h3-5,9,14-15H,6-7H2,1-2H3. The van der Waals surface area contributed by atoms with E-state index in [0.29, 0.717) is 5.92 Å². The van der Waals surface area contributed by atoms with E-state index in [1.807, 2.05) is 0 Å². The van der Waals surface area contributed by atoms with Crippen LogP contribution in [-0.4, -0.2) is 11.5 Å². The van der Waals surface area contributed by atoms with Crippen molar-refractivity contribution in [1.29, 1.82) is 0 Å². The van der Waals surface area contributed by atoms with Crippen molar-refractivity contribution in [2.75, 3.05) is 6.54 Å². The van der Waals surface area contributed by atoms with Crippen molar-refractivity contribution in [3.8, 4) is 0 Å². The lowest BCUT2D eigenvalue weighted by molar-refractivity contribution is 0.568. The van der Waals surface area contributed by atoms with Gasteiger partial charge in [0.05, 0.1) is 0 Å². The average Bonchev–Trinajstić information content (AvgIpc) is 2.59. The molecule has 1 atom stereocenters. The van der Waals surface area contributed by atoms with E-state index in [1.54, 1.807) is 0 Å². The van der Waals surface area contributed by atoms with Crippen molar-refractivity contribution < 1.29 is 0 Å². The van der Waals surface area contributed by atoms with E-state index in [0.717, 1.165) is 13.1 Å². The van der Waals surface area contributed by atoms with E-state index < -0.39 is 0 Å². The van der Waals surface area contributed by atoms with Gasteiger partial charge < -0.3 is 10.3 Å². The van der Waals surface area contributed by atoms with Crippen molar-refractivity contribution >= 4 is 10.9 Å². The molecular weight excluding hydrogens is 184 g/mol. The predicted molar refractivity (Wildman–Crippen MR) is 63.2 cm³/mol. The summed E-state index contributed by atoms with van der Waals surface area (Å²) in [5.41, 5.74) is 5.55. The molecule has 0 saturated heterocycles. The van der Waals surface area contributed by atoms with Gasteiger partial charge in [-0.15, -0.1) is 0 Å². The van der Waals surface area contributed by atoms with Crippen LogP contribution in [0, 0.1) is 6.92 Å². The fraction of sp³-hybridized carbons (Fsp3) is 0.385. The lowest BCUT2D eigenvalue weighted by Gasteiger charge is -2.20. The van der Waals surface area contributed by atoms with Crippen LogP contribution < -0.4 is 5.32 Å². The molecule has 15 heavy (non-hydrogen) atoms. The molecule has 2 nitrogen and oxygen atoms in total. The Morgan fingerprint density at radius 3 is 3.07 bits per heavy atom. The first kappa shape index (κ1) is 8.98. The predicted octanol–water partition coefficient (Wildman–Crippen LogP) is 2.68. The number of benzene rings is 1. The first-order chi connectivity index (χ1) is 7.27. The van der Waals surface area contributed by atoms with Gasteiger partial charge in [0.25, 0.3) is 0 Å². The maximum atomic E-state index is 3.55. The Morgan fingerprint density at radius 2 is 2.20 bits per heavy atom. The number of rotatable bonds is 0. The van der Waals surface area contributed by atoms with Gasteiger partial charge in [-0.1, -0.05) is 25.1 Å². The summed E-state index contributed by atoms with van der Waals surface area (Å²) in [4.78, 5) is 3.55. The Morgan fingerprint density at radius 1 is 1.33 bits per heavy atom. The highest BCUT2D eigenvalue weighted by Crippen LogP contribution is 2.32. The molecule has 1 aromatic heterocycles. The number of aryl methyl sites for hydroxylation is 1. The number of hydrogen-bond acceptors (Lipinski definition) is 1. The van der Waals surface area contributed by atoms with Gasteiger partial charge in [-0.05, 0) is 24.0 Å². The summed E-state index contributed by atoms with van der Waals surface area (Å²) in [7, 11) is 0. The van der Waals surface area contributed by atoms with Crippen LogP contribution in [-0.2, 0) is 6.54 Å². The van der Waals surface area contributed by atoms with Gasteiger partial charge in [-0.3, -0.25) is 0 Å². The fourth-order valence-electron chi connectivity index (χ4n) is 2.66. The number of fused-ring (bicyclic) bond motifs is 3. The van der Waals surface area contributed by atoms with Crippen LogP contribution in [0.15, 0.2) is 18.2 Å². The van der Waals surface area contributed by atoms with Crippen LogP contribution >= 0.6 is 0 Å². The van der Waals surface area contributed by atoms with Crippen LogP contribution in [0.5, 0.6) is 0 Å². The Kier molecular flexibility index (Phi) is 1.86. The van der Waals surface area contributed by atoms with E-state index in [9.17, 15) is 0 Å². The maximum absolute atomic E-state index is 3.55. The third-order valence-corrected chi connectivity index (χ3v) is 3.41. The molecule has 0 radical (unpaired) electrons. The van der Waals surface area contributed by atoms with Crippen LogP contribution in [0.2, 0.25) is 0 Å². The second-order valence-corrected chi connectivity index (χ2v) is 4.55. The molecule has 0 saturated carbocycles. The molecule has 2 N–H and O–H groups in total. The zero-order valence-corrected chi connectivity index (χ0v) is 9.22. The molecule has 2 heterocycles. The fourth-order valence-corrected chi connectivity index (χ4v) is 2.66. The SMILES string of the molecule is Cc1cccc2c3c([nH]c12)CNCC3C. The summed E-state index contributed by atoms with van der Waals surface area (Å²) < 4.78 is 0. The first-order valence-corrected chi connectivity index (χ1v) is 5.58. The van der Waals surface area contributed by atoms with Crippen molar-refractivity contribution in [3.63, 3.8) is 0 Å². The van der Waals surface area contributed by atoms with E-state index in [1.165, 1.54) is 27.7 Å². The first-order valence-electron chi connectivity index (χ1n) is 5.58. The zero-order chi connectivity index (χ0) is 10.4. The molecule has 0 spiro atoms. The molecule has 1 unspecified atom stereocenters. The van der Waals surface area contributed by atoms with E-state index >= 15 is 0 Å². The normalized spacial score (nSPS) is 20.5. The second-order valence-electron chi connectivity index (χ2n) is 4.55. The molecule has 1 aliphatic heterocycles. The number of H-pyrrole nitrogens is 1. The molecule has 2 aromatic rings. The number of aromatic amines is 1. The van der Waals surface area contributed by atoms with Gasteiger partial charge in [-0.25, -0.2) is 0 Å². The van der Waals surface area contributed by atoms with Crippen LogP contribution in [0.1, 0.15) is 29.7 Å². The van der Waals surface area contributed by atoms with Gasteiger partial charge in [-0.2, -0.15) is 0 Å². The summed E-state index contributed by atoms with van der Waals surface area (Å²) in [5, 5.41) is 4.86. The minimum absolute atomic E-state index is 0.615. The summed E-state index contributed by atoms with van der Waals surface area (Å²) >= 11 is 0. The van der Waals surface area contributed by atoms with Gasteiger partial charge in [0.1, 0.15) is 0 Å². The molecule has 78 valence electrons. The van der Waals surface area contributed by atoms with Gasteiger partial charge in [0.15, 0.2) is 0 Å². The summed E-state index contributed by atoms with van der Waals surface area (Å²) in [6.07, 6.45) is 0. The Bertz CT molecular complexity index is 510. The third-order valence-electron chi connectivity index (χ3n) is 3.41. The second kappa shape index (κ2) is 3.11. The lowest BCUT2D eigenvalue weighted by atomic mass is 9.94. The molecule has 1 aromatic carbocycles. The maximum Gasteiger partial charge on any atom is 0.0489 e. The van der Waals surface area contributed by atoms with Crippen LogP contribution in [0.25, 0.3) is 10.9 Å². The number of para-hydroxylation sites is 1. The lowest BCUT2D eigenvalue weighted by Crippen LogP contribution is -2.26. The third kappa shape index (κ3) is 1.21. The molecule has 0 aliphatic carbocycles. The largest absolute Gasteiger partial charge is 0.357 e. The Hall–Kier alpha value is -1.28. The topological polar surface area (TPSA) is 27.8 Å². The molecule has 1 aliphatic rings. The van der Waals surface area contributed by atoms with E-state index in [-0.39, 0.29) is 0 Å². The van der Waals surface area contributed by atoms with Crippen molar-refractivity contribution in [1.82, 2.24) is 10.3 Å². The molecule has 2 heteroatoms. The number of hydrogen-bond donors (Lipinski definition) is 2. The molecule has 0 amide bonds. The summed E-state index contributed by atoms with van der Waals surface area (Å²) in [6, 6.07) is 6.56. The molecular formula is C13H16N2. The van der Waals surface area contributed by atoms with Gasteiger partial charge >= 0.3 is 0 Å². The highest BCUT2D eigenvalue weighted by atomic mass is 14.9. The molecule has 0 bridgehead atoms. The van der Waals surface area contributed by atoms with Crippen LogP contribution in [0.4, 0.5) is 0 Å². The minimum atomic E-state index is 0.615. The van der Waals surface area contributed by atoms with Crippen LogP contribution in [0.3, 0.4) is 0 Å². The highest BCUT2D eigenvalue weighted by molar-refractivity contribution is 5.88. The Labute approximate surface area is 89.7 Å². The summed E-state index contributed by atoms with van der Waals surface area (Å²) in [6.45, 7) is 6.53.